The van der Waals surface area contributed by atoms with Crippen LogP contribution in [0, 0.1) is 0 Å². The number of hydrogen-bond donors (Lipinski definition) is 0. The zero-order valence-electron chi connectivity index (χ0n) is 25.3. The maximum Gasteiger partial charge on any atom is 0.231 e. The molecule has 7 rings (SSSR count). The van der Waals surface area contributed by atoms with Gasteiger partial charge in [-0.3, -0.25) is 0 Å². The van der Waals surface area contributed by atoms with Crippen molar-refractivity contribution in [2.75, 3.05) is 31.6 Å². The smallest absolute Gasteiger partial charge is 0.231 e. The fourth-order valence-electron chi connectivity index (χ4n) is 7.17. The van der Waals surface area contributed by atoms with E-state index in [0.29, 0.717) is 0 Å². The van der Waals surface area contributed by atoms with Gasteiger partial charge in [-0.1, -0.05) is 37.6 Å². The number of hydrogen-bond acceptors (Lipinski definition) is 5. The molecule has 42 heavy (non-hydrogen) atoms. The van der Waals surface area contributed by atoms with Crippen LogP contribution in [0.2, 0.25) is 0 Å². The molecule has 0 fully saturated rings. The van der Waals surface area contributed by atoms with Crippen LogP contribution in [-0.2, 0) is 10.8 Å². The Bertz CT molecular complexity index is 1670. The number of rotatable bonds is 5. The lowest BCUT2D eigenvalue weighted by atomic mass is 9.81. The first-order valence-electron chi connectivity index (χ1n) is 14.9. The highest BCUT2D eigenvalue weighted by molar-refractivity contribution is 6.33. The fourth-order valence-corrected chi connectivity index (χ4v) is 7.48. The van der Waals surface area contributed by atoms with Crippen LogP contribution in [0.4, 0.5) is 11.4 Å². The van der Waals surface area contributed by atoms with E-state index in [9.17, 15) is 0 Å². The number of fused-ring (bicyclic) bond motifs is 4. The summed E-state index contributed by atoms with van der Waals surface area (Å²) in [7, 11) is 0. The predicted octanol–water partition coefficient (Wildman–Crippen LogP) is 8.01. The number of benzene rings is 2. The summed E-state index contributed by atoms with van der Waals surface area (Å²) in [5.74, 6) is 3.29. The molecule has 4 aliphatic heterocycles. The van der Waals surface area contributed by atoms with Crippen LogP contribution in [0.5, 0.6) is 23.0 Å². The summed E-state index contributed by atoms with van der Waals surface area (Å²) in [5.41, 5.74) is 9.43. The van der Waals surface area contributed by atoms with Crippen LogP contribution >= 0.6 is 11.6 Å². The van der Waals surface area contributed by atoms with Gasteiger partial charge in [0.15, 0.2) is 28.7 Å². The quantitative estimate of drug-likeness (QED) is 0.333. The maximum atomic E-state index is 7.04. The molecule has 0 unspecified atom stereocenters. The highest BCUT2D eigenvalue weighted by Gasteiger charge is 2.45. The Morgan fingerprint density at radius 1 is 0.810 bits per heavy atom. The summed E-state index contributed by atoms with van der Waals surface area (Å²) in [6.07, 6.45) is 10.8. The first-order valence-corrected chi connectivity index (χ1v) is 15.3. The number of ether oxygens (including phenoxy) is 4. The van der Waals surface area contributed by atoms with Gasteiger partial charge < -0.3 is 23.8 Å². The molecule has 4 heterocycles. The molecule has 2 aromatic rings. The van der Waals surface area contributed by atoms with Crippen LogP contribution in [0.15, 0.2) is 70.4 Å². The van der Waals surface area contributed by atoms with E-state index in [0.717, 1.165) is 54.0 Å². The summed E-state index contributed by atoms with van der Waals surface area (Å²) in [5, 5.41) is 0.859. The van der Waals surface area contributed by atoms with Crippen LogP contribution in [-0.4, -0.2) is 37.0 Å². The van der Waals surface area contributed by atoms with Crippen LogP contribution in [0.3, 0.4) is 0 Å². The van der Waals surface area contributed by atoms with Gasteiger partial charge in [0, 0.05) is 46.1 Å². The summed E-state index contributed by atoms with van der Waals surface area (Å²) < 4.78 is 25.1. The lowest BCUT2D eigenvalue weighted by Gasteiger charge is -2.26. The molecule has 0 atom stereocenters. The summed E-state index contributed by atoms with van der Waals surface area (Å²) in [6.45, 7) is 15.8. The van der Waals surface area contributed by atoms with E-state index in [1.807, 2.05) is 0 Å². The molecular weight excluding hydrogens is 548 g/mol. The van der Waals surface area contributed by atoms with Gasteiger partial charge in [-0.25, -0.2) is 0 Å². The zero-order valence-corrected chi connectivity index (χ0v) is 26.0. The van der Waals surface area contributed by atoms with Gasteiger partial charge in [0.25, 0.3) is 0 Å². The Morgan fingerprint density at radius 3 is 2.12 bits per heavy atom. The largest absolute Gasteiger partial charge is 0.454 e. The number of nitrogens with zero attached hydrogens (tertiary/aromatic N) is 2. The topological polar surface area (TPSA) is 43.2 Å². The molecule has 0 radical (unpaired) electrons. The molecule has 218 valence electrons. The number of likely N-dealkylation sites (N-methyl/N-ethyl adjacent to an activating group) is 1. The summed E-state index contributed by atoms with van der Waals surface area (Å²) in [6, 6.07) is 8.53. The molecule has 0 aromatic heterocycles. The Kier molecular flexibility index (Phi) is 6.28. The van der Waals surface area contributed by atoms with Crippen molar-refractivity contribution in [1.82, 2.24) is 0 Å². The monoisotopic (exact) mass is 585 g/mol. The Morgan fingerprint density at radius 2 is 1.45 bits per heavy atom. The first kappa shape index (κ1) is 27.2. The molecule has 0 spiro atoms. The van der Waals surface area contributed by atoms with E-state index in [1.165, 1.54) is 45.1 Å². The van der Waals surface area contributed by atoms with Crippen molar-refractivity contribution in [3.8, 4) is 23.0 Å². The van der Waals surface area contributed by atoms with Crippen molar-refractivity contribution in [2.24, 2.45) is 0 Å². The molecule has 6 nitrogen and oxygen atoms in total. The van der Waals surface area contributed by atoms with E-state index in [4.69, 9.17) is 30.5 Å². The van der Waals surface area contributed by atoms with Gasteiger partial charge in [0.05, 0.1) is 11.5 Å². The minimum absolute atomic E-state index is 0.166. The second-order valence-corrected chi connectivity index (χ2v) is 12.9. The Hall–Kier alpha value is -3.64. The highest BCUT2D eigenvalue weighted by Crippen LogP contribution is 2.52. The highest BCUT2D eigenvalue weighted by atomic mass is 35.5. The summed E-state index contributed by atoms with van der Waals surface area (Å²) >= 11 is 7.04. The van der Waals surface area contributed by atoms with Crippen LogP contribution in [0.25, 0.3) is 0 Å². The third kappa shape index (κ3) is 3.94. The molecule has 1 aliphatic carbocycles. The van der Waals surface area contributed by atoms with E-state index in [-0.39, 0.29) is 24.4 Å². The first-order chi connectivity index (χ1) is 20.1. The molecule has 2 aromatic carbocycles. The molecule has 0 N–H and O–H groups in total. The van der Waals surface area contributed by atoms with Gasteiger partial charge in [-0.05, 0) is 75.5 Å². The molecule has 0 saturated carbocycles. The van der Waals surface area contributed by atoms with E-state index in [2.05, 4.69) is 99.6 Å². The van der Waals surface area contributed by atoms with Crippen molar-refractivity contribution in [3.63, 3.8) is 0 Å². The van der Waals surface area contributed by atoms with E-state index in [1.54, 1.807) is 0 Å². The van der Waals surface area contributed by atoms with Crippen molar-refractivity contribution < 1.29 is 23.5 Å². The Labute approximate surface area is 253 Å². The minimum Gasteiger partial charge on any atom is -0.454 e. The van der Waals surface area contributed by atoms with Gasteiger partial charge in [0.2, 0.25) is 19.3 Å². The molecular formula is C35H38ClN2O4+. The maximum absolute atomic E-state index is 7.04. The molecule has 5 aliphatic rings. The molecule has 0 saturated heterocycles. The fraction of sp³-hybridized carbons (Fsp3) is 0.400. The average molecular weight is 586 g/mol. The number of anilines is 1. The zero-order chi connectivity index (χ0) is 29.4. The van der Waals surface area contributed by atoms with Crippen molar-refractivity contribution in [2.45, 2.75) is 65.2 Å². The number of halogens is 1. The second kappa shape index (κ2) is 9.70. The van der Waals surface area contributed by atoms with Gasteiger partial charge in [-0.15, -0.1) is 0 Å². The SMILES string of the molecule is CCN1C(=CC=C2CCC(C=CC3=[N+](CC)c4cc5c(cc4C3(C)C)OCO5)=C2Cl)C(C)(C)c2cc3c(cc21)OCO3. The van der Waals surface area contributed by atoms with Crippen molar-refractivity contribution in [3.05, 3.63) is 81.6 Å². The lowest BCUT2D eigenvalue weighted by molar-refractivity contribution is -0.433. The van der Waals surface area contributed by atoms with Gasteiger partial charge >= 0.3 is 0 Å². The molecule has 7 heteroatoms. The number of allylic oxidation sites excluding steroid dienone is 8. The normalized spacial score (nSPS) is 22.9. The average Bonchev–Trinajstić information content (AvgIpc) is 3.76. The van der Waals surface area contributed by atoms with E-state index >= 15 is 0 Å². The Balaban J connectivity index is 1.19. The molecule has 0 amide bonds. The van der Waals surface area contributed by atoms with E-state index < -0.39 is 0 Å². The minimum atomic E-state index is -0.166. The molecule has 0 bridgehead atoms. The third-order valence-electron chi connectivity index (χ3n) is 9.52. The van der Waals surface area contributed by atoms with Gasteiger partial charge in [-0.2, -0.15) is 4.58 Å². The lowest BCUT2D eigenvalue weighted by Crippen LogP contribution is -2.27. The van der Waals surface area contributed by atoms with Crippen LogP contribution in [0.1, 0.15) is 65.5 Å². The standard InChI is InChI=1S/C35H38ClN2O4/c1-7-37-25-17-29-27(39-19-41-29)15-23(25)34(3,4)31(37)13-11-21-9-10-22(33(21)36)12-14-32-35(5,6)24-16-28-30(42-20-40-28)18-26(24)38(32)8-2/h11-18H,7-10,19-20H2,1-6H3/q+1. The predicted molar refractivity (Wildman–Crippen MR) is 167 cm³/mol. The van der Waals surface area contributed by atoms with Gasteiger partial charge in [0.1, 0.15) is 6.54 Å². The third-order valence-corrected chi connectivity index (χ3v) is 10.0. The van der Waals surface area contributed by atoms with Crippen LogP contribution < -0.4 is 23.8 Å². The summed E-state index contributed by atoms with van der Waals surface area (Å²) in [4.78, 5) is 2.38. The van der Waals surface area contributed by atoms with Crippen molar-refractivity contribution in [1.29, 1.82) is 0 Å². The second-order valence-electron chi connectivity index (χ2n) is 12.5. The van der Waals surface area contributed by atoms with Crippen molar-refractivity contribution >= 4 is 28.7 Å².